The minimum absolute atomic E-state index is 0.0962. The second-order valence-electron chi connectivity index (χ2n) is 8.49. The van der Waals surface area contributed by atoms with Gasteiger partial charge in [-0.3, -0.25) is 4.79 Å². The third-order valence-corrected chi connectivity index (χ3v) is 7.76. The molecule has 1 N–H and O–H groups in total. The summed E-state index contributed by atoms with van der Waals surface area (Å²) >= 11 is 0. The summed E-state index contributed by atoms with van der Waals surface area (Å²) in [6, 6.07) is 13.0. The number of ether oxygens (including phenoxy) is 1. The van der Waals surface area contributed by atoms with Gasteiger partial charge >= 0.3 is 0 Å². The van der Waals surface area contributed by atoms with Gasteiger partial charge < -0.3 is 19.9 Å². The number of methoxy groups -OCH3 is 1. The minimum atomic E-state index is -3.55. The van der Waals surface area contributed by atoms with Crippen LogP contribution in [-0.4, -0.2) is 78.0 Å². The summed E-state index contributed by atoms with van der Waals surface area (Å²) in [4.78, 5) is 17.3. The second kappa shape index (κ2) is 11.0. The van der Waals surface area contributed by atoms with Crippen LogP contribution in [0.5, 0.6) is 5.75 Å². The standard InChI is InChI=1S/C24H34N4O4S/c1-26(2)33(30,31)22-10-11-23(32-4)20(17-22)7-12-24(29)25-18-19-5-8-21(9-6-19)28-15-13-27(3)14-16-28/h5-6,8-11,17H,7,12-16,18H2,1-4H3,(H,25,29). The highest BCUT2D eigenvalue weighted by atomic mass is 32.2. The van der Waals surface area contributed by atoms with Crippen molar-refractivity contribution in [3.8, 4) is 5.75 Å². The van der Waals surface area contributed by atoms with Crippen LogP contribution < -0.4 is 15.0 Å². The van der Waals surface area contributed by atoms with Crippen molar-refractivity contribution in [2.75, 3.05) is 59.3 Å². The van der Waals surface area contributed by atoms with Crippen molar-refractivity contribution in [3.63, 3.8) is 0 Å². The molecule has 180 valence electrons. The van der Waals surface area contributed by atoms with Crippen LogP contribution in [0, 0.1) is 0 Å². The molecule has 2 aromatic carbocycles. The maximum Gasteiger partial charge on any atom is 0.242 e. The molecule has 0 aromatic heterocycles. The number of nitrogens with zero attached hydrogens (tertiary/aromatic N) is 3. The van der Waals surface area contributed by atoms with Gasteiger partial charge in [-0.15, -0.1) is 0 Å². The zero-order valence-electron chi connectivity index (χ0n) is 19.9. The van der Waals surface area contributed by atoms with Gasteiger partial charge in [0.2, 0.25) is 15.9 Å². The molecule has 0 unspecified atom stereocenters. The van der Waals surface area contributed by atoms with E-state index in [1.165, 1.54) is 37.3 Å². The SMILES string of the molecule is COc1ccc(S(=O)(=O)N(C)C)cc1CCC(=O)NCc1ccc(N2CCN(C)CC2)cc1. The number of amides is 1. The van der Waals surface area contributed by atoms with Crippen molar-refractivity contribution in [3.05, 3.63) is 53.6 Å². The van der Waals surface area contributed by atoms with Crippen LogP contribution >= 0.6 is 0 Å². The van der Waals surface area contributed by atoms with Crippen LogP contribution in [0.15, 0.2) is 47.4 Å². The molecule has 0 atom stereocenters. The first kappa shape index (κ1) is 25.0. The average molecular weight is 475 g/mol. The van der Waals surface area contributed by atoms with E-state index >= 15 is 0 Å². The molecule has 1 aliphatic rings. The number of aryl methyl sites for hydroxylation is 1. The fourth-order valence-electron chi connectivity index (χ4n) is 3.75. The second-order valence-corrected chi connectivity index (χ2v) is 10.6. The number of nitrogens with one attached hydrogen (secondary N) is 1. The largest absolute Gasteiger partial charge is 0.496 e. The number of hydrogen-bond donors (Lipinski definition) is 1. The van der Waals surface area contributed by atoms with Crippen molar-refractivity contribution < 1.29 is 17.9 Å². The summed E-state index contributed by atoms with van der Waals surface area (Å²) in [7, 11) is 3.10. The molecular weight excluding hydrogens is 440 g/mol. The van der Waals surface area contributed by atoms with Gasteiger partial charge in [0.1, 0.15) is 5.75 Å². The van der Waals surface area contributed by atoms with Crippen LogP contribution in [0.2, 0.25) is 0 Å². The van der Waals surface area contributed by atoms with Gasteiger partial charge in [0.25, 0.3) is 0 Å². The molecule has 1 fully saturated rings. The minimum Gasteiger partial charge on any atom is -0.496 e. The number of benzene rings is 2. The summed E-state index contributed by atoms with van der Waals surface area (Å²) in [5.41, 5.74) is 2.93. The van der Waals surface area contributed by atoms with E-state index in [9.17, 15) is 13.2 Å². The Kier molecular flexibility index (Phi) is 8.34. The van der Waals surface area contributed by atoms with E-state index in [-0.39, 0.29) is 17.2 Å². The Balaban J connectivity index is 1.54. The Morgan fingerprint density at radius 3 is 2.33 bits per heavy atom. The van der Waals surface area contributed by atoms with E-state index in [4.69, 9.17) is 4.74 Å². The summed E-state index contributed by atoms with van der Waals surface area (Å²) in [6.45, 7) is 4.62. The Bertz CT molecular complexity index is 1050. The molecule has 3 rings (SSSR count). The third kappa shape index (κ3) is 6.46. The zero-order valence-corrected chi connectivity index (χ0v) is 20.7. The Hall–Kier alpha value is -2.62. The van der Waals surface area contributed by atoms with Gasteiger partial charge in [-0.2, -0.15) is 0 Å². The smallest absolute Gasteiger partial charge is 0.242 e. The number of anilines is 1. The maximum atomic E-state index is 12.4. The van der Waals surface area contributed by atoms with Crippen molar-refractivity contribution in [2.45, 2.75) is 24.3 Å². The summed E-state index contributed by atoms with van der Waals surface area (Å²) in [5, 5.41) is 2.95. The zero-order chi connectivity index (χ0) is 24.0. The highest BCUT2D eigenvalue weighted by molar-refractivity contribution is 7.89. The first-order valence-corrected chi connectivity index (χ1v) is 12.5. The summed E-state index contributed by atoms with van der Waals surface area (Å²) < 4.78 is 31.4. The van der Waals surface area contributed by atoms with Crippen LogP contribution in [0.1, 0.15) is 17.5 Å². The first-order chi connectivity index (χ1) is 15.7. The number of hydrogen-bond acceptors (Lipinski definition) is 6. The Labute approximate surface area is 197 Å². The molecular formula is C24H34N4O4S. The highest BCUT2D eigenvalue weighted by Gasteiger charge is 2.19. The third-order valence-electron chi connectivity index (χ3n) is 5.95. The fourth-order valence-corrected chi connectivity index (χ4v) is 4.70. The summed E-state index contributed by atoms with van der Waals surface area (Å²) in [6.07, 6.45) is 0.620. The topological polar surface area (TPSA) is 82.2 Å². The molecule has 9 heteroatoms. The van der Waals surface area contributed by atoms with Gasteiger partial charge in [0, 0.05) is 58.9 Å². The lowest BCUT2D eigenvalue weighted by Gasteiger charge is -2.34. The normalized spacial score (nSPS) is 15.0. The number of rotatable bonds is 9. The molecule has 33 heavy (non-hydrogen) atoms. The van der Waals surface area contributed by atoms with Gasteiger partial charge in [-0.05, 0) is 54.9 Å². The van der Waals surface area contributed by atoms with Crippen molar-refractivity contribution in [1.82, 2.24) is 14.5 Å². The number of likely N-dealkylation sites (N-methyl/N-ethyl adjacent to an activating group) is 1. The van der Waals surface area contributed by atoms with Crippen molar-refractivity contribution in [2.24, 2.45) is 0 Å². The number of carbonyl (C=O) groups is 1. The first-order valence-electron chi connectivity index (χ1n) is 11.1. The average Bonchev–Trinajstić information content (AvgIpc) is 2.82. The Morgan fingerprint density at radius 1 is 1.06 bits per heavy atom. The van der Waals surface area contributed by atoms with Crippen LogP contribution in [0.25, 0.3) is 0 Å². The molecule has 0 saturated carbocycles. The van der Waals surface area contributed by atoms with E-state index in [2.05, 4.69) is 34.3 Å². The van der Waals surface area contributed by atoms with Crippen LogP contribution in [-0.2, 0) is 27.8 Å². The predicted molar refractivity (Wildman–Crippen MR) is 130 cm³/mol. The molecule has 0 spiro atoms. The number of carbonyl (C=O) groups excluding carboxylic acids is 1. The van der Waals surface area contributed by atoms with E-state index in [0.29, 0.717) is 24.3 Å². The number of sulfonamides is 1. The van der Waals surface area contributed by atoms with Crippen LogP contribution in [0.4, 0.5) is 5.69 Å². The van der Waals surface area contributed by atoms with Crippen molar-refractivity contribution in [1.29, 1.82) is 0 Å². The highest BCUT2D eigenvalue weighted by Crippen LogP contribution is 2.25. The molecule has 8 nitrogen and oxygen atoms in total. The lowest BCUT2D eigenvalue weighted by Crippen LogP contribution is -2.44. The monoisotopic (exact) mass is 474 g/mol. The van der Waals surface area contributed by atoms with Crippen LogP contribution in [0.3, 0.4) is 0 Å². The van der Waals surface area contributed by atoms with Gasteiger partial charge in [-0.25, -0.2) is 12.7 Å². The van der Waals surface area contributed by atoms with E-state index < -0.39 is 10.0 Å². The van der Waals surface area contributed by atoms with E-state index in [1.807, 2.05) is 12.1 Å². The quantitative estimate of drug-likeness (QED) is 0.598. The molecule has 0 aliphatic carbocycles. The maximum absolute atomic E-state index is 12.4. The molecule has 0 radical (unpaired) electrons. The number of piperazine rings is 1. The Morgan fingerprint density at radius 2 is 1.73 bits per heavy atom. The van der Waals surface area contributed by atoms with Gasteiger partial charge in [0.05, 0.1) is 12.0 Å². The molecule has 2 aromatic rings. The predicted octanol–water partition coefficient (Wildman–Crippen LogP) is 1.95. The molecule has 0 bridgehead atoms. The molecule has 1 aliphatic heterocycles. The fraction of sp³-hybridized carbons (Fsp3) is 0.458. The molecule has 1 saturated heterocycles. The van der Waals surface area contributed by atoms with Crippen molar-refractivity contribution >= 4 is 21.6 Å². The van der Waals surface area contributed by atoms with Gasteiger partial charge in [-0.1, -0.05) is 12.1 Å². The lowest BCUT2D eigenvalue weighted by atomic mass is 10.1. The summed E-state index contributed by atoms with van der Waals surface area (Å²) in [5.74, 6) is 0.473. The molecule has 1 heterocycles. The van der Waals surface area contributed by atoms with Gasteiger partial charge in [0.15, 0.2) is 0 Å². The molecule has 1 amide bonds. The lowest BCUT2D eigenvalue weighted by molar-refractivity contribution is -0.121. The van der Waals surface area contributed by atoms with E-state index in [1.54, 1.807) is 12.1 Å². The van der Waals surface area contributed by atoms with E-state index in [0.717, 1.165) is 31.7 Å².